The Morgan fingerprint density at radius 3 is 2.50 bits per heavy atom. The molecule has 0 radical (unpaired) electrons. The van der Waals surface area contributed by atoms with Crippen molar-refractivity contribution >= 4 is 0 Å². The molecule has 1 aromatic rings. The molecule has 0 amide bonds. The van der Waals surface area contributed by atoms with E-state index in [0.717, 1.165) is 0 Å². The van der Waals surface area contributed by atoms with Gasteiger partial charge in [0.25, 0.3) is 0 Å². The minimum atomic E-state index is -0.714. The fourth-order valence-corrected chi connectivity index (χ4v) is 1.61. The molecule has 0 heterocycles. The molecule has 1 aromatic carbocycles. The van der Waals surface area contributed by atoms with Crippen LogP contribution < -0.4 is 10.5 Å². The first kappa shape index (κ1) is 14.9. The zero-order valence-electron chi connectivity index (χ0n) is 11.4. The van der Waals surface area contributed by atoms with Crippen LogP contribution in [-0.2, 0) is 0 Å². The van der Waals surface area contributed by atoms with Gasteiger partial charge in [-0.1, -0.05) is 26.8 Å². The van der Waals surface area contributed by atoms with E-state index in [4.69, 9.17) is 10.5 Å². The molecule has 3 nitrogen and oxygen atoms in total. The molecule has 0 aromatic heterocycles. The summed E-state index contributed by atoms with van der Waals surface area (Å²) in [6.45, 7) is 6.07. The highest BCUT2D eigenvalue weighted by Crippen LogP contribution is 2.29. The van der Waals surface area contributed by atoms with Crippen molar-refractivity contribution in [2.24, 2.45) is 11.1 Å². The molecule has 0 aliphatic rings. The Balaban J connectivity index is 2.81. The topological polar surface area (TPSA) is 55.5 Å². The summed E-state index contributed by atoms with van der Waals surface area (Å²) in [6, 6.07) is 4.22. The third-order valence-corrected chi connectivity index (χ3v) is 3.15. The predicted octanol–water partition coefficient (Wildman–Crippen LogP) is 2.63. The largest absolute Gasteiger partial charge is 0.494 e. The van der Waals surface area contributed by atoms with Crippen molar-refractivity contribution in [1.29, 1.82) is 0 Å². The summed E-state index contributed by atoms with van der Waals surface area (Å²) in [5, 5.41) is 10.1. The van der Waals surface area contributed by atoms with Crippen LogP contribution in [0.3, 0.4) is 0 Å². The molecular weight excluding hydrogens is 233 g/mol. The fourth-order valence-electron chi connectivity index (χ4n) is 1.61. The summed E-state index contributed by atoms with van der Waals surface area (Å²) in [6.07, 6.45) is -0.285. The van der Waals surface area contributed by atoms with Gasteiger partial charge in [-0.05, 0) is 29.5 Å². The van der Waals surface area contributed by atoms with E-state index in [9.17, 15) is 9.50 Å². The Hall–Kier alpha value is -1.13. The molecular formula is C14H22FNO2. The van der Waals surface area contributed by atoms with E-state index in [0.29, 0.717) is 12.0 Å². The quantitative estimate of drug-likeness (QED) is 0.869. The van der Waals surface area contributed by atoms with Crippen LogP contribution in [0.25, 0.3) is 0 Å². The monoisotopic (exact) mass is 255 g/mol. The van der Waals surface area contributed by atoms with E-state index in [2.05, 4.69) is 0 Å². The van der Waals surface area contributed by atoms with Crippen molar-refractivity contribution in [3.05, 3.63) is 29.6 Å². The molecule has 1 rings (SSSR count). The lowest BCUT2D eigenvalue weighted by Gasteiger charge is -2.29. The number of hydrogen-bond acceptors (Lipinski definition) is 3. The molecule has 0 fully saturated rings. The first-order chi connectivity index (χ1) is 8.25. The van der Waals surface area contributed by atoms with E-state index in [1.54, 1.807) is 6.07 Å². The van der Waals surface area contributed by atoms with Crippen molar-refractivity contribution in [1.82, 2.24) is 0 Å². The molecule has 18 heavy (non-hydrogen) atoms. The maximum absolute atomic E-state index is 13.3. The van der Waals surface area contributed by atoms with Crippen LogP contribution in [0.5, 0.6) is 5.75 Å². The van der Waals surface area contributed by atoms with Gasteiger partial charge in [0, 0.05) is 6.04 Å². The number of rotatable bonds is 4. The van der Waals surface area contributed by atoms with Gasteiger partial charge in [0.2, 0.25) is 0 Å². The zero-order valence-corrected chi connectivity index (χ0v) is 11.4. The predicted molar refractivity (Wildman–Crippen MR) is 70.0 cm³/mol. The second kappa shape index (κ2) is 5.67. The number of benzene rings is 1. The summed E-state index contributed by atoms with van der Waals surface area (Å²) in [5.74, 6) is -0.301. The first-order valence-electron chi connectivity index (χ1n) is 6.02. The van der Waals surface area contributed by atoms with Gasteiger partial charge < -0.3 is 15.6 Å². The minimum Gasteiger partial charge on any atom is -0.494 e. The van der Waals surface area contributed by atoms with Crippen LogP contribution in [0, 0.1) is 11.2 Å². The van der Waals surface area contributed by atoms with Crippen molar-refractivity contribution in [3.63, 3.8) is 0 Å². The van der Waals surface area contributed by atoms with Crippen LogP contribution in [0.1, 0.15) is 38.9 Å². The first-order valence-corrected chi connectivity index (χ1v) is 6.02. The lowest BCUT2D eigenvalue weighted by Crippen LogP contribution is -2.36. The van der Waals surface area contributed by atoms with Gasteiger partial charge in [-0.25, -0.2) is 4.39 Å². The van der Waals surface area contributed by atoms with E-state index in [-0.39, 0.29) is 17.2 Å². The van der Waals surface area contributed by atoms with Crippen molar-refractivity contribution in [2.45, 2.75) is 39.3 Å². The number of ether oxygens (including phenoxy) is 1. The maximum Gasteiger partial charge on any atom is 0.165 e. The summed E-state index contributed by atoms with van der Waals surface area (Å²) in [4.78, 5) is 0. The molecule has 2 atom stereocenters. The van der Waals surface area contributed by atoms with Gasteiger partial charge in [-0.2, -0.15) is 0 Å². The van der Waals surface area contributed by atoms with Crippen LogP contribution >= 0.6 is 0 Å². The summed E-state index contributed by atoms with van der Waals surface area (Å²) >= 11 is 0. The Bertz CT molecular complexity index is 401. The van der Waals surface area contributed by atoms with Crippen LogP contribution in [0.4, 0.5) is 4.39 Å². The second-order valence-corrected chi connectivity index (χ2v) is 5.62. The van der Waals surface area contributed by atoms with Crippen molar-refractivity contribution in [2.75, 3.05) is 7.11 Å². The van der Waals surface area contributed by atoms with Crippen LogP contribution in [0.2, 0.25) is 0 Å². The third kappa shape index (κ3) is 3.68. The molecule has 4 heteroatoms. The molecule has 102 valence electrons. The van der Waals surface area contributed by atoms with Crippen LogP contribution in [-0.4, -0.2) is 18.3 Å². The molecule has 0 saturated heterocycles. The summed E-state index contributed by atoms with van der Waals surface area (Å²) in [7, 11) is 1.40. The van der Waals surface area contributed by atoms with Gasteiger partial charge in [0.1, 0.15) is 0 Å². The van der Waals surface area contributed by atoms with Gasteiger partial charge in [-0.15, -0.1) is 0 Å². The van der Waals surface area contributed by atoms with Crippen molar-refractivity contribution < 1.29 is 14.2 Å². The molecule has 0 bridgehead atoms. The van der Waals surface area contributed by atoms with E-state index < -0.39 is 11.9 Å². The number of aliphatic hydroxyl groups excluding tert-OH is 1. The lowest BCUT2D eigenvalue weighted by atomic mass is 9.83. The number of aliphatic hydroxyl groups is 1. The van der Waals surface area contributed by atoms with Gasteiger partial charge >= 0.3 is 0 Å². The van der Waals surface area contributed by atoms with Gasteiger partial charge in [0.15, 0.2) is 11.6 Å². The summed E-state index contributed by atoms with van der Waals surface area (Å²) in [5.41, 5.74) is 6.56. The SMILES string of the molecule is COc1cc([C@H](O)C[C@@H](N)C(C)(C)C)ccc1F. The summed E-state index contributed by atoms with van der Waals surface area (Å²) < 4.78 is 18.1. The van der Waals surface area contributed by atoms with Gasteiger partial charge in [0.05, 0.1) is 13.2 Å². The third-order valence-electron chi connectivity index (χ3n) is 3.15. The number of nitrogens with two attached hydrogens (primary N) is 1. The second-order valence-electron chi connectivity index (χ2n) is 5.62. The van der Waals surface area contributed by atoms with E-state index >= 15 is 0 Å². The minimum absolute atomic E-state index is 0.0783. The smallest absolute Gasteiger partial charge is 0.165 e. The zero-order chi connectivity index (χ0) is 13.9. The fraction of sp³-hybridized carbons (Fsp3) is 0.571. The number of methoxy groups -OCH3 is 1. The molecule has 0 aliphatic heterocycles. The normalized spacial score (nSPS) is 15.3. The molecule has 0 aliphatic carbocycles. The number of hydrogen-bond donors (Lipinski definition) is 2. The molecule has 0 spiro atoms. The van der Waals surface area contributed by atoms with E-state index in [1.165, 1.54) is 19.2 Å². The standard InChI is InChI=1S/C14H22FNO2/c1-14(2,3)13(16)8-11(17)9-5-6-10(15)12(7-9)18-4/h5-7,11,13,17H,8,16H2,1-4H3/t11-,13-/m1/s1. The maximum atomic E-state index is 13.3. The lowest BCUT2D eigenvalue weighted by molar-refractivity contribution is 0.133. The number of halogens is 1. The highest BCUT2D eigenvalue weighted by Gasteiger charge is 2.24. The Morgan fingerprint density at radius 2 is 2.00 bits per heavy atom. The molecule has 3 N–H and O–H groups in total. The highest BCUT2D eigenvalue weighted by atomic mass is 19.1. The molecule has 0 saturated carbocycles. The molecule has 0 unspecified atom stereocenters. The van der Waals surface area contributed by atoms with Crippen molar-refractivity contribution in [3.8, 4) is 5.75 Å². The average molecular weight is 255 g/mol. The Kier molecular flexibility index (Phi) is 4.71. The Labute approximate surface area is 108 Å². The van der Waals surface area contributed by atoms with E-state index in [1.807, 2.05) is 20.8 Å². The highest BCUT2D eigenvalue weighted by molar-refractivity contribution is 5.31. The van der Waals surface area contributed by atoms with Crippen LogP contribution in [0.15, 0.2) is 18.2 Å². The van der Waals surface area contributed by atoms with Gasteiger partial charge in [-0.3, -0.25) is 0 Å². The average Bonchev–Trinajstić information content (AvgIpc) is 2.28. The Morgan fingerprint density at radius 1 is 1.39 bits per heavy atom.